The summed E-state index contributed by atoms with van der Waals surface area (Å²) in [7, 11) is 3.76. The van der Waals surface area contributed by atoms with E-state index >= 15 is 0 Å². The molecule has 5 heteroatoms. The number of ether oxygens (including phenoxy) is 2. The van der Waals surface area contributed by atoms with E-state index in [1.165, 1.54) is 5.69 Å². The molecule has 0 aliphatic carbocycles. The number of aryl methyl sites for hydroxylation is 1. The van der Waals surface area contributed by atoms with Crippen LogP contribution in [-0.2, 0) is 29.7 Å². The van der Waals surface area contributed by atoms with Crippen LogP contribution < -0.4 is 0 Å². The van der Waals surface area contributed by atoms with E-state index < -0.39 is 6.10 Å². The zero-order valence-corrected chi connectivity index (χ0v) is 15.3. The number of aliphatic hydroxyl groups excluding tert-OH is 1. The van der Waals surface area contributed by atoms with Crippen LogP contribution in [0.3, 0.4) is 0 Å². The minimum absolute atomic E-state index is 0.336. The normalized spacial score (nSPS) is 12.6. The van der Waals surface area contributed by atoms with E-state index in [1.807, 2.05) is 49.6 Å². The Kier molecular flexibility index (Phi) is 8.69. The van der Waals surface area contributed by atoms with Crippen LogP contribution >= 0.6 is 0 Å². The van der Waals surface area contributed by atoms with Crippen molar-refractivity contribution < 1.29 is 14.6 Å². The third kappa shape index (κ3) is 7.40. The highest BCUT2D eigenvalue weighted by Gasteiger charge is 2.14. The molecule has 1 aromatic carbocycles. The summed E-state index contributed by atoms with van der Waals surface area (Å²) < 4.78 is 12.9. The van der Waals surface area contributed by atoms with Crippen LogP contribution in [-0.4, -0.2) is 54.1 Å². The molecule has 2 rings (SSSR count). The monoisotopic (exact) mass is 346 g/mol. The van der Waals surface area contributed by atoms with E-state index in [0.29, 0.717) is 19.8 Å². The number of aromatic nitrogens is 1. The highest BCUT2D eigenvalue weighted by Crippen LogP contribution is 2.08. The third-order valence-electron chi connectivity index (χ3n) is 4.15. The fourth-order valence-corrected chi connectivity index (χ4v) is 2.80. The zero-order chi connectivity index (χ0) is 17.9. The van der Waals surface area contributed by atoms with Gasteiger partial charge in [0.05, 0.1) is 19.3 Å². The number of hydrogen-bond acceptors (Lipinski definition) is 4. The van der Waals surface area contributed by atoms with Crippen molar-refractivity contribution in [2.75, 3.05) is 33.4 Å². The molecule has 1 aromatic heterocycles. The third-order valence-corrected chi connectivity index (χ3v) is 4.15. The second kappa shape index (κ2) is 11.1. The lowest BCUT2D eigenvalue weighted by atomic mass is 10.2. The van der Waals surface area contributed by atoms with Crippen LogP contribution in [0.5, 0.6) is 0 Å². The van der Waals surface area contributed by atoms with Gasteiger partial charge in [0.25, 0.3) is 0 Å². The lowest BCUT2D eigenvalue weighted by Crippen LogP contribution is -2.36. The molecule has 2 aromatic rings. The fraction of sp³-hybridized carbons (Fsp3) is 0.500. The predicted molar refractivity (Wildman–Crippen MR) is 99.3 cm³/mol. The molecule has 25 heavy (non-hydrogen) atoms. The SMILES string of the molecule is COCCCN(Cc1cccn1C)C[C@H](O)COCc1ccccc1. The summed E-state index contributed by atoms with van der Waals surface area (Å²) >= 11 is 0. The van der Waals surface area contributed by atoms with Crippen LogP contribution in [0.25, 0.3) is 0 Å². The maximum absolute atomic E-state index is 10.3. The molecule has 0 fully saturated rings. The first-order valence-electron chi connectivity index (χ1n) is 8.80. The molecule has 0 aliphatic rings. The summed E-state index contributed by atoms with van der Waals surface area (Å²) in [6.07, 6.45) is 2.48. The zero-order valence-electron chi connectivity index (χ0n) is 15.3. The molecule has 0 unspecified atom stereocenters. The van der Waals surface area contributed by atoms with Gasteiger partial charge in [-0.2, -0.15) is 0 Å². The van der Waals surface area contributed by atoms with E-state index in [2.05, 4.69) is 15.5 Å². The number of nitrogens with zero attached hydrogens (tertiary/aromatic N) is 2. The Bertz CT molecular complexity index is 586. The molecule has 0 aliphatic heterocycles. The lowest BCUT2D eigenvalue weighted by Gasteiger charge is -2.25. The fourth-order valence-electron chi connectivity index (χ4n) is 2.80. The molecule has 0 bridgehead atoms. The lowest BCUT2D eigenvalue weighted by molar-refractivity contribution is 0.00708. The minimum atomic E-state index is -0.508. The second-order valence-corrected chi connectivity index (χ2v) is 6.35. The van der Waals surface area contributed by atoms with Gasteiger partial charge in [-0.3, -0.25) is 4.90 Å². The average Bonchev–Trinajstić information content (AvgIpc) is 3.01. The molecular weight excluding hydrogens is 316 g/mol. The Balaban J connectivity index is 1.78. The summed E-state index contributed by atoms with van der Waals surface area (Å²) in [6, 6.07) is 14.2. The smallest absolute Gasteiger partial charge is 0.0900 e. The number of benzene rings is 1. The Morgan fingerprint density at radius 1 is 1.16 bits per heavy atom. The van der Waals surface area contributed by atoms with Crippen molar-refractivity contribution in [3.63, 3.8) is 0 Å². The molecule has 0 amide bonds. The first-order chi connectivity index (χ1) is 12.2. The first-order valence-corrected chi connectivity index (χ1v) is 8.80. The summed E-state index contributed by atoms with van der Waals surface area (Å²) in [5, 5.41) is 10.3. The van der Waals surface area contributed by atoms with Gasteiger partial charge in [0, 0.05) is 52.3 Å². The van der Waals surface area contributed by atoms with Gasteiger partial charge < -0.3 is 19.1 Å². The van der Waals surface area contributed by atoms with E-state index in [4.69, 9.17) is 9.47 Å². The van der Waals surface area contributed by atoms with Crippen molar-refractivity contribution in [1.82, 2.24) is 9.47 Å². The van der Waals surface area contributed by atoms with Gasteiger partial charge in [-0.05, 0) is 24.1 Å². The molecule has 0 saturated carbocycles. The van der Waals surface area contributed by atoms with Crippen molar-refractivity contribution in [3.8, 4) is 0 Å². The Morgan fingerprint density at radius 3 is 2.64 bits per heavy atom. The van der Waals surface area contributed by atoms with Crippen molar-refractivity contribution in [1.29, 1.82) is 0 Å². The van der Waals surface area contributed by atoms with Gasteiger partial charge in [0.2, 0.25) is 0 Å². The molecule has 1 N–H and O–H groups in total. The Labute approximate surface area is 150 Å². The highest BCUT2D eigenvalue weighted by atomic mass is 16.5. The summed E-state index contributed by atoms with van der Waals surface area (Å²) in [5.41, 5.74) is 2.35. The standard InChI is InChI=1S/C20H30N2O3/c1-21-11-6-10-19(21)14-22(12-7-13-24-2)15-20(23)17-25-16-18-8-4-3-5-9-18/h3-6,8-11,20,23H,7,12-17H2,1-2H3/t20-/m0/s1. The number of methoxy groups -OCH3 is 1. The molecule has 1 atom stereocenters. The van der Waals surface area contributed by atoms with Crippen molar-refractivity contribution >= 4 is 0 Å². The molecule has 1 heterocycles. The summed E-state index contributed by atoms with van der Waals surface area (Å²) in [4.78, 5) is 2.25. The molecular formula is C20H30N2O3. The van der Waals surface area contributed by atoms with Gasteiger partial charge in [-0.15, -0.1) is 0 Å². The molecule has 0 radical (unpaired) electrons. The molecule has 138 valence electrons. The van der Waals surface area contributed by atoms with Crippen molar-refractivity contribution in [2.24, 2.45) is 7.05 Å². The predicted octanol–water partition coefficient (Wildman–Crippen LogP) is 2.44. The average molecular weight is 346 g/mol. The van der Waals surface area contributed by atoms with Gasteiger partial charge in [0.15, 0.2) is 0 Å². The maximum Gasteiger partial charge on any atom is 0.0900 e. The van der Waals surface area contributed by atoms with E-state index in [9.17, 15) is 5.11 Å². The Hall–Kier alpha value is -1.66. The van der Waals surface area contributed by atoms with Crippen LogP contribution in [0, 0.1) is 0 Å². The van der Waals surface area contributed by atoms with E-state index in [-0.39, 0.29) is 0 Å². The summed E-state index contributed by atoms with van der Waals surface area (Å²) in [6.45, 7) is 3.87. The number of hydrogen-bond donors (Lipinski definition) is 1. The molecule has 5 nitrogen and oxygen atoms in total. The topological polar surface area (TPSA) is 46.9 Å². The van der Waals surface area contributed by atoms with E-state index in [0.717, 1.165) is 31.7 Å². The van der Waals surface area contributed by atoms with Gasteiger partial charge >= 0.3 is 0 Å². The van der Waals surface area contributed by atoms with Crippen molar-refractivity contribution in [2.45, 2.75) is 25.7 Å². The van der Waals surface area contributed by atoms with Gasteiger partial charge in [-0.1, -0.05) is 30.3 Å². The number of rotatable bonds is 12. The van der Waals surface area contributed by atoms with Crippen LogP contribution in [0.1, 0.15) is 17.7 Å². The van der Waals surface area contributed by atoms with Crippen LogP contribution in [0.4, 0.5) is 0 Å². The second-order valence-electron chi connectivity index (χ2n) is 6.35. The first kappa shape index (κ1) is 19.7. The van der Waals surface area contributed by atoms with Crippen LogP contribution in [0.15, 0.2) is 48.7 Å². The van der Waals surface area contributed by atoms with Gasteiger partial charge in [0.1, 0.15) is 0 Å². The summed E-state index contributed by atoms with van der Waals surface area (Å²) in [5.74, 6) is 0. The van der Waals surface area contributed by atoms with Gasteiger partial charge in [-0.25, -0.2) is 0 Å². The minimum Gasteiger partial charge on any atom is -0.389 e. The quantitative estimate of drug-likeness (QED) is 0.600. The van der Waals surface area contributed by atoms with Crippen molar-refractivity contribution in [3.05, 3.63) is 59.9 Å². The number of aliphatic hydroxyl groups is 1. The van der Waals surface area contributed by atoms with E-state index in [1.54, 1.807) is 7.11 Å². The Morgan fingerprint density at radius 2 is 1.96 bits per heavy atom. The van der Waals surface area contributed by atoms with Crippen LogP contribution in [0.2, 0.25) is 0 Å². The highest BCUT2D eigenvalue weighted by molar-refractivity contribution is 5.13. The largest absolute Gasteiger partial charge is 0.389 e. The molecule has 0 spiro atoms. The molecule has 0 saturated heterocycles. The maximum atomic E-state index is 10.3.